The summed E-state index contributed by atoms with van der Waals surface area (Å²) in [6, 6.07) is 4.20. The molecule has 0 aromatic heterocycles. The first-order valence-corrected chi connectivity index (χ1v) is 7.35. The molecule has 4 atom stereocenters. The number of nitrogens with one attached hydrogen (secondary N) is 1. The van der Waals surface area contributed by atoms with Crippen LogP contribution in [0.3, 0.4) is 0 Å². The normalized spacial score (nSPS) is 31.6. The molecule has 3 rings (SSSR count). The predicted molar refractivity (Wildman–Crippen MR) is 74.1 cm³/mol. The average Bonchev–Trinajstić information content (AvgIpc) is 3.02. The van der Waals surface area contributed by atoms with Crippen LogP contribution in [0.5, 0.6) is 0 Å². The summed E-state index contributed by atoms with van der Waals surface area (Å²) in [5.41, 5.74) is 0.158. The van der Waals surface area contributed by atoms with Gasteiger partial charge in [0.15, 0.2) is 0 Å². The van der Waals surface area contributed by atoms with Crippen LogP contribution < -0.4 is 5.32 Å². The zero-order valence-corrected chi connectivity index (χ0v) is 11.7. The molecule has 0 heterocycles. The largest absolute Gasteiger partial charge is 0.396 e. The van der Waals surface area contributed by atoms with Crippen molar-refractivity contribution in [2.45, 2.75) is 25.3 Å². The smallest absolute Gasteiger partial charge is 0.253 e. The van der Waals surface area contributed by atoms with Crippen molar-refractivity contribution >= 4 is 17.5 Å². The molecule has 2 saturated carbocycles. The van der Waals surface area contributed by atoms with Gasteiger partial charge in [0.25, 0.3) is 5.91 Å². The third-order valence-electron chi connectivity index (χ3n) is 4.79. The molecule has 2 fully saturated rings. The van der Waals surface area contributed by atoms with Gasteiger partial charge in [-0.05, 0) is 43.2 Å². The lowest BCUT2D eigenvalue weighted by Gasteiger charge is -2.30. The third kappa shape index (κ3) is 2.21. The van der Waals surface area contributed by atoms with Gasteiger partial charge in [0.1, 0.15) is 5.82 Å². The molecule has 5 heteroatoms. The maximum Gasteiger partial charge on any atom is 0.253 e. The second-order valence-electron chi connectivity index (χ2n) is 5.78. The molecule has 0 saturated heterocycles. The Bertz CT molecular complexity index is 537. The topological polar surface area (TPSA) is 49.3 Å². The molecular formula is C15H17ClFNO2. The number of carbonyl (C=O) groups excluding carboxylic acids is 1. The molecule has 2 N–H and O–H groups in total. The maximum atomic E-state index is 13.4. The number of halogens is 2. The van der Waals surface area contributed by atoms with Crippen LogP contribution in [0.2, 0.25) is 5.02 Å². The minimum atomic E-state index is -0.592. The minimum absolute atomic E-state index is 0.0226. The summed E-state index contributed by atoms with van der Waals surface area (Å²) < 4.78 is 13.4. The van der Waals surface area contributed by atoms with E-state index in [1.807, 2.05) is 0 Å². The summed E-state index contributed by atoms with van der Waals surface area (Å²) in [4.78, 5) is 12.3. The fraction of sp³-hybridized carbons (Fsp3) is 0.533. The van der Waals surface area contributed by atoms with Crippen molar-refractivity contribution in [2.24, 2.45) is 17.8 Å². The van der Waals surface area contributed by atoms with E-state index in [9.17, 15) is 14.3 Å². The van der Waals surface area contributed by atoms with Gasteiger partial charge >= 0.3 is 0 Å². The number of hydrogen-bond donors (Lipinski definition) is 2. The third-order valence-corrected chi connectivity index (χ3v) is 5.18. The summed E-state index contributed by atoms with van der Waals surface area (Å²) in [6.07, 6.45) is 3.28. The average molecular weight is 298 g/mol. The Labute approximate surface area is 122 Å². The van der Waals surface area contributed by atoms with Crippen LogP contribution in [0.4, 0.5) is 4.39 Å². The van der Waals surface area contributed by atoms with E-state index in [0.717, 1.165) is 19.3 Å². The van der Waals surface area contributed by atoms with Crippen molar-refractivity contribution in [1.82, 2.24) is 5.32 Å². The van der Waals surface area contributed by atoms with Gasteiger partial charge in [-0.25, -0.2) is 4.39 Å². The van der Waals surface area contributed by atoms with Crippen LogP contribution in [0.15, 0.2) is 18.2 Å². The molecule has 3 nitrogen and oxygen atoms in total. The highest BCUT2D eigenvalue weighted by molar-refractivity contribution is 6.34. The second-order valence-corrected chi connectivity index (χ2v) is 6.16. The Kier molecular flexibility index (Phi) is 3.69. The fourth-order valence-electron chi connectivity index (χ4n) is 3.81. The van der Waals surface area contributed by atoms with Crippen molar-refractivity contribution in [2.75, 3.05) is 6.61 Å². The van der Waals surface area contributed by atoms with Gasteiger partial charge in [0, 0.05) is 18.6 Å². The van der Waals surface area contributed by atoms with Gasteiger partial charge in [0.2, 0.25) is 0 Å². The van der Waals surface area contributed by atoms with Crippen molar-refractivity contribution in [3.05, 3.63) is 34.6 Å². The van der Waals surface area contributed by atoms with Crippen LogP contribution in [0, 0.1) is 23.6 Å². The zero-order valence-electron chi connectivity index (χ0n) is 11.0. The van der Waals surface area contributed by atoms with E-state index >= 15 is 0 Å². The number of aliphatic hydroxyl groups excluding tert-OH is 1. The van der Waals surface area contributed by atoms with Gasteiger partial charge in [-0.2, -0.15) is 0 Å². The number of benzene rings is 1. The molecule has 1 aromatic carbocycles. The molecule has 20 heavy (non-hydrogen) atoms. The first-order valence-electron chi connectivity index (χ1n) is 6.97. The first kappa shape index (κ1) is 13.8. The maximum absolute atomic E-state index is 13.4. The van der Waals surface area contributed by atoms with Crippen LogP contribution >= 0.6 is 11.6 Å². The van der Waals surface area contributed by atoms with Gasteiger partial charge < -0.3 is 10.4 Å². The highest BCUT2D eigenvalue weighted by Gasteiger charge is 2.47. The van der Waals surface area contributed by atoms with Crippen LogP contribution in [-0.2, 0) is 0 Å². The molecule has 108 valence electrons. The van der Waals surface area contributed by atoms with Gasteiger partial charge in [0.05, 0.1) is 10.6 Å². The lowest BCUT2D eigenvalue weighted by atomic mass is 9.85. The summed E-state index contributed by atoms with van der Waals surface area (Å²) in [7, 11) is 0. The molecule has 4 unspecified atom stereocenters. The van der Waals surface area contributed by atoms with E-state index in [1.54, 1.807) is 0 Å². The second kappa shape index (κ2) is 5.34. The first-order chi connectivity index (χ1) is 9.61. The van der Waals surface area contributed by atoms with Crippen molar-refractivity contribution in [3.8, 4) is 0 Å². The molecular weight excluding hydrogens is 281 g/mol. The van der Waals surface area contributed by atoms with Crippen LogP contribution in [0.1, 0.15) is 29.6 Å². The molecule has 1 amide bonds. The fourth-order valence-corrected chi connectivity index (χ4v) is 4.02. The van der Waals surface area contributed by atoms with E-state index in [2.05, 4.69) is 5.32 Å². The molecule has 2 bridgehead atoms. The van der Waals surface area contributed by atoms with Gasteiger partial charge in [-0.15, -0.1) is 0 Å². The summed E-state index contributed by atoms with van der Waals surface area (Å²) >= 11 is 5.84. The quantitative estimate of drug-likeness (QED) is 0.901. The minimum Gasteiger partial charge on any atom is -0.396 e. The number of fused-ring (bicyclic) bond motifs is 2. The van der Waals surface area contributed by atoms with E-state index in [-0.39, 0.29) is 35.1 Å². The van der Waals surface area contributed by atoms with Crippen LogP contribution in [-0.4, -0.2) is 23.7 Å². The van der Waals surface area contributed by atoms with Gasteiger partial charge in [-0.3, -0.25) is 4.79 Å². The Hall–Kier alpha value is -1.13. The summed E-state index contributed by atoms with van der Waals surface area (Å²) in [5, 5.41) is 12.3. The van der Waals surface area contributed by atoms with E-state index < -0.39 is 5.82 Å². The standard InChI is InChI=1S/C15H17ClFNO2/c16-13-10(2-1-3-12(13)17)15(20)18-14-9-5-4-8(6-9)11(14)7-19/h1-3,8-9,11,14,19H,4-7H2,(H,18,20). The molecule has 2 aliphatic carbocycles. The molecule has 2 aliphatic rings. The monoisotopic (exact) mass is 297 g/mol. The van der Waals surface area contributed by atoms with Gasteiger partial charge in [-0.1, -0.05) is 17.7 Å². The zero-order chi connectivity index (χ0) is 14.3. The Morgan fingerprint density at radius 1 is 1.40 bits per heavy atom. The number of amides is 1. The Balaban J connectivity index is 1.77. The van der Waals surface area contributed by atoms with E-state index in [0.29, 0.717) is 11.8 Å². The number of rotatable bonds is 3. The van der Waals surface area contributed by atoms with Crippen molar-refractivity contribution in [1.29, 1.82) is 0 Å². The SMILES string of the molecule is O=C(NC1C2CCC(C2)C1CO)c1cccc(F)c1Cl. The highest BCUT2D eigenvalue weighted by Crippen LogP contribution is 2.48. The number of hydrogen-bond acceptors (Lipinski definition) is 2. The molecule has 1 aromatic rings. The van der Waals surface area contributed by atoms with E-state index in [4.69, 9.17) is 11.6 Å². The Morgan fingerprint density at radius 2 is 2.15 bits per heavy atom. The Morgan fingerprint density at radius 3 is 2.90 bits per heavy atom. The van der Waals surface area contributed by atoms with E-state index in [1.165, 1.54) is 18.2 Å². The van der Waals surface area contributed by atoms with Crippen molar-refractivity contribution in [3.63, 3.8) is 0 Å². The summed E-state index contributed by atoms with van der Waals surface area (Å²) in [6.45, 7) is 0.0863. The number of aliphatic hydroxyl groups is 1. The molecule has 0 aliphatic heterocycles. The number of carbonyl (C=O) groups is 1. The lowest BCUT2D eigenvalue weighted by molar-refractivity contribution is 0.0861. The molecule has 0 radical (unpaired) electrons. The lowest BCUT2D eigenvalue weighted by Crippen LogP contribution is -2.45. The van der Waals surface area contributed by atoms with Crippen LogP contribution in [0.25, 0.3) is 0 Å². The predicted octanol–water partition coefficient (Wildman–Crippen LogP) is 2.62. The molecule has 0 spiro atoms. The van der Waals surface area contributed by atoms with Crippen molar-refractivity contribution < 1.29 is 14.3 Å². The highest BCUT2D eigenvalue weighted by atomic mass is 35.5. The summed E-state index contributed by atoms with van der Waals surface area (Å²) in [5.74, 6) is 0.0909.